The van der Waals surface area contributed by atoms with E-state index in [0.29, 0.717) is 12.0 Å². The maximum absolute atomic E-state index is 14.0. The predicted molar refractivity (Wildman–Crippen MR) is 136 cm³/mol. The standard InChI is InChI=1S/C28H28FN3O2.Co/c1-4-32-25-14-13-23(34-3)18-24(25)28(2,19-20-9-8-12-22(29)17-20)26(32)15-16-30-31-27(33)21-10-6-5-7-11-21;/h5-18H,4,19H2,1-3H3,(H,31,33);/b26-15-,30-16+;. The van der Waals surface area contributed by atoms with E-state index in [0.717, 1.165) is 34.8 Å². The summed E-state index contributed by atoms with van der Waals surface area (Å²) in [5.74, 6) is 0.368. The number of hydrogen-bond donors (Lipinski definition) is 1. The summed E-state index contributed by atoms with van der Waals surface area (Å²) in [5.41, 5.74) is 4.24. The Bertz CT molecular complexity index is 1260. The van der Waals surface area contributed by atoms with Crippen LogP contribution in [0.5, 0.6) is 5.75 Å². The molecule has 1 aliphatic heterocycles. The number of allylic oxidation sites excluding steroid dienone is 2. The number of methoxy groups -OCH3 is 1. The predicted octanol–water partition coefficient (Wildman–Crippen LogP) is 6.05. The van der Waals surface area contributed by atoms with E-state index in [2.05, 4.69) is 41.1 Å². The third-order valence-electron chi connectivity index (χ3n) is 6.19. The summed E-state index contributed by atoms with van der Waals surface area (Å²) in [5, 5.41) is 18.2. The molecular weight excluding hydrogens is 488 g/mol. The number of aliphatic hydroxyl groups excluding tert-OH is 1. The molecule has 0 spiro atoms. The first kappa shape index (κ1) is 26.2. The molecule has 0 aromatic heterocycles. The van der Waals surface area contributed by atoms with Crippen molar-refractivity contribution in [2.75, 3.05) is 18.6 Å². The number of nitrogens with zero attached hydrogens (tertiary/aromatic N) is 3. The van der Waals surface area contributed by atoms with E-state index in [9.17, 15) is 9.50 Å². The summed E-state index contributed by atoms with van der Waals surface area (Å²) in [7, 11) is 1.65. The number of rotatable bonds is 7. The molecule has 0 aliphatic carbocycles. The normalized spacial score (nSPS) is 18.6. The number of ether oxygens (including phenoxy) is 1. The van der Waals surface area contributed by atoms with E-state index in [1.807, 2.05) is 36.4 Å². The molecule has 0 amide bonds. The Morgan fingerprint density at radius 2 is 1.86 bits per heavy atom. The first-order valence-corrected chi connectivity index (χ1v) is 11.2. The molecule has 3 aromatic rings. The molecule has 0 bridgehead atoms. The molecule has 1 aliphatic rings. The van der Waals surface area contributed by atoms with Gasteiger partial charge >= 0.3 is 0 Å². The molecule has 0 saturated carbocycles. The van der Waals surface area contributed by atoms with Crippen LogP contribution in [0.1, 0.15) is 30.5 Å². The molecule has 0 saturated heterocycles. The summed E-state index contributed by atoms with van der Waals surface area (Å²) >= 11 is 0. The van der Waals surface area contributed by atoms with Crippen molar-refractivity contribution in [1.29, 1.82) is 0 Å². The van der Waals surface area contributed by atoms with Gasteiger partial charge in [-0.2, -0.15) is 5.10 Å². The van der Waals surface area contributed by atoms with Crippen LogP contribution in [-0.2, 0) is 28.6 Å². The number of anilines is 1. The van der Waals surface area contributed by atoms with Crippen molar-refractivity contribution in [3.63, 3.8) is 0 Å². The van der Waals surface area contributed by atoms with Crippen molar-refractivity contribution in [2.45, 2.75) is 25.7 Å². The Kier molecular flexibility index (Phi) is 8.48. The Morgan fingerprint density at radius 3 is 2.54 bits per heavy atom. The summed E-state index contributed by atoms with van der Waals surface area (Å²) in [6, 6.07) is 21.8. The Balaban J connectivity index is 0.00000342. The Morgan fingerprint density at radius 1 is 1.09 bits per heavy atom. The van der Waals surface area contributed by atoms with Gasteiger partial charge in [-0.1, -0.05) is 30.3 Å². The first-order valence-electron chi connectivity index (χ1n) is 11.2. The number of likely N-dealkylation sites (N-methyl/N-ethyl adjacent to an activating group) is 1. The van der Waals surface area contributed by atoms with Gasteiger partial charge in [-0.05, 0) is 79.9 Å². The summed E-state index contributed by atoms with van der Waals surface area (Å²) in [4.78, 5) is 2.22. The number of aliphatic hydroxyl groups is 1. The van der Waals surface area contributed by atoms with Gasteiger partial charge in [0.2, 0.25) is 5.90 Å². The van der Waals surface area contributed by atoms with E-state index in [-0.39, 0.29) is 28.5 Å². The average Bonchev–Trinajstić information content (AvgIpc) is 3.08. The van der Waals surface area contributed by atoms with Gasteiger partial charge in [0.25, 0.3) is 0 Å². The van der Waals surface area contributed by atoms with E-state index >= 15 is 0 Å². The third-order valence-corrected chi connectivity index (χ3v) is 6.19. The topological polar surface area (TPSA) is 57.4 Å². The van der Waals surface area contributed by atoms with Crippen LogP contribution in [0, 0.1) is 5.82 Å². The van der Waals surface area contributed by atoms with Crippen LogP contribution in [-0.4, -0.2) is 30.9 Å². The van der Waals surface area contributed by atoms with Crippen LogP contribution in [0.3, 0.4) is 0 Å². The number of fused-ring (bicyclic) bond motifs is 1. The van der Waals surface area contributed by atoms with E-state index < -0.39 is 5.41 Å². The van der Waals surface area contributed by atoms with Crippen LogP contribution in [0.2, 0.25) is 0 Å². The summed E-state index contributed by atoms with van der Waals surface area (Å²) in [6.07, 6.45) is 4.10. The molecule has 1 heterocycles. The fourth-order valence-electron chi connectivity index (χ4n) is 4.58. The molecule has 0 fully saturated rings. The van der Waals surface area contributed by atoms with E-state index in [1.165, 1.54) is 6.07 Å². The Labute approximate surface area is 215 Å². The second-order valence-electron chi connectivity index (χ2n) is 8.37. The molecule has 1 N–H and O–H groups in total. The molecule has 7 heteroatoms. The molecular formula is C28H28CoFN3O2. The number of halogens is 1. The molecule has 35 heavy (non-hydrogen) atoms. The number of benzene rings is 3. The second-order valence-corrected chi connectivity index (χ2v) is 8.37. The van der Waals surface area contributed by atoms with Gasteiger partial charge in [-0.15, -0.1) is 5.10 Å². The van der Waals surface area contributed by atoms with E-state index in [4.69, 9.17) is 4.74 Å². The molecule has 183 valence electrons. The Hall–Kier alpha value is -3.42. The van der Waals surface area contributed by atoms with Gasteiger partial charge in [-0.25, -0.2) is 4.39 Å². The van der Waals surface area contributed by atoms with Gasteiger partial charge in [0.15, 0.2) is 0 Å². The van der Waals surface area contributed by atoms with Crippen molar-refractivity contribution in [1.82, 2.24) is 0 Å². The van der Waals surface area contributed by atoms with Crippen molar-refractivity contribution in [2.24, 2.45) is 10.2 Å². The van der Waals surface area contributed by atoms with Gasteiger partial charge in [0.1, 0.15) is 11.6 Å². The third kappa shape index (κ3) is 5.47. The van der Waals surface area contributed by atoms with Gasteiger partial charge in [0.05, 0.1) is 13.3 Å². The quantitative estimate of drug-likeness (QED) is 0.237. The van der Waals surface area contributed by atoms with Crippen molar-refractivity contribution in [3.8, 4) is 5.75 Å². The van der Waals surface area contributed by atoms with Crippen LogP contribution in [0.15, 0.2) is 94.8 Å². The van der Waals surface area contributed by atoms with Crippen LogP contribution in [0.4, 0.5) is 10.1 Å². The average molecular weight is 516 g/mol. The summed E-state index contributed by atoms with van der Waals surface area (Å²) in [6.45, 7) is 4.98. The zero-order chi connectivity index (χ0) is 24.1. The monoisotopic (exact) mass is 516 g/mol. The minimum atomic E-state index is -0.453. The number of hydrogen-bond acceptors (Lipinski definition) is 4. The zero-order valence-electron chi connectivity index (χ0n) is 19.9. The van der Waals surface area contributed by atoms with Gasteiger partial charge in [0, 0.05) is 45.7 Å². The smallest absolute Gasteiger partial charge is 0.238 e. The van der Waals surface area contributed by atoms with Crippen LogP contribution >= 0.6 is 0 Å². The van der Waals surface area contributed by atoms with Crippen molar-refractivity contribution in [3.05, 3.63) is 107 Å². The zero-order valence-corrected chi connectivity index (χ0v) is 20.9. The van der Waals surface area contributed by atoms with E-state index in [1.54, 1.807) is 37.6 Å². The molecule has 1 radical (unpaired) electrons. The minimum Gasteiger partial charge on any atom is -0.497 e. The summed E-state index contributed by atoms with van der Waals surface area (Å²) < 4.78 is 19.5. The fraction of sp³-hybridized carbons (Fsp3) is 0.214. The van der Waals surface area contributed by atoms with Crippen LogP contribution < -0.4 is 9.64 Å². The largest absolute Gasteiger partial charge is 0.497 e. The maximum Gasteiger partial charge on any atom is 0.238 e. The van der Waals surface area contributed by atoms with Crippen LogP contribution in [0.25, 0.3) is 0 Å². The second kappa shape index (κ2) is 11.3. The molecule has 4 rings (SSSR count). The molecule has 3 aromatic carbocycles. The fourth-order valence-corrected chi connectivity index (χ4v) is 4.58. The van der Waals surface area contributed by atoms with Crippen molar-refractivity contribution < 1.29 is 31.0 Å². The molecule has 1 atom stereocenters. The molecule has 5 nitrogen and oxygen atoms in total. The maximum atomic E-state index is 14.0. The molecule has 1 unspecified atom stereocenters. The first-order chi connectivity index (χ1) is 16.5. The minimum absolute atomic E-state index is 0. The van der Waals surface area contributed by atoms with Gasteiger partial charge < -0.3 is 14.7 Å². The van der Waals surface area contributed by atoms with Gasteiger partial charge in [-0.3, -0.25) is 0 Å². The SMILES string of the molecule is CCN1\C(=C/C=N/N=C(\O)c2ccccc2)C(C)(Cc2cccc(F)c2)c2cc(OC)ccc21.[Co]. The van der Waals surface area contributed by atoms with Crippen molar-refractivity contribution >= 4 is 17.8 Å².